The average Bonchev–Trinajstić information content (AvgIpc) is 3.22. The van der Waals surface area contributed by atoms with Gasteiger partial charge in [-0.25, -0.2) is 0 Å². The quantitative estimate of drug-likeness (QED) is 0.300. The lowest BCUT2D eigenvalue weighted by Gasteiger charge is -2.30. The summed E-state index contributed by atoms with van der Waals surface area (Å²) in [5.74, 6) is 0.809. The maximum absolute atomic E-state index is 12.2. The normalized spacial score (nSPS) is 15.2. The minimum atomic E-state index is -1.38. The van der Waals surface area contributed by atoms with Crippen molar-refractivity contribution in [2.75, 3.05) is 18.4 Å². The van der Waals surface area contributed by atoms with Gasteiger partial charge in [0.1, 0.15) is 5.60 Å². The fourth-order valence-electron chi connectivity index (χ4n) is 4.39. The predicted molar refractivity (Wildman–Crippen MR) is 131 cm³/mol. The van der Waals surface area contributed by atoms with E-state index in [4.69, 9.17) is 23.2 Å². The van der Waals surface area contributed by atoms with Gasteiger partial charge in [0.15, 0.2) is 5.82 Å². The Labute approximate surface area is 196 Å². The smallest absolute Gasteiger partial charge is 0.155 e. The Hall–Kier alpha value is -2.57. The van der Waals surface area contributed by atoms with Crippen LogP contribution >= 0.6 is 23.2 Å². The van der Waals surface area contributed by atoms with Crippen molar-refractivity contribution in [3.8, 4) is 0 Å². The summed E-state index contributed by atoms with van der Waals surface area (Å²) in [6.45, 7) is 2.00. The topological polar surface area (TPSA) is 73.0 Å². The van der Waals surface area contributed by atoms with Gasteiger partial charge in [-0.1, -0.05) is 53.5 Å². The standard InChI is InChI=1S/C25H24Cl2N4O/c26-19-6-1-16(2-7-19)25(32,17-3-8-20(27)9-4-17)18-5-10-23-22(15-18)24(31-30-23)29-21-11-13-28-14-12-21/h1-10,15,21,28,32H,11-14H2,(H2,29,30,31). The molecule has 0 atom stereocenters. The number of nitrogens with zero attached hydrogens (tertiary/aromatic N) is 1. The first-order valence-corrected chi connectivity index (χ1v) is 11.5. The molecule has 2 heterocycles. The van der Waals surface area contributed by atoms with Gasteiger partial charge in [0, 0.05) is 21.5 Å². The summed E-state index contributed by atoms with van der Waals surface area (Å²) in [5.41, 5.74) is 1.72. The molecule has 4 aromatic rings. The summed E-state index contributed by atoms with van der Waals surface area (Å²) in [7, 11) is 0. The van der Waals surface area contributed by atoms with E-state index < -0.39 is 5.60 Å². The SMILES string of the molecule is OC(c1ccc(Cl)cc1)(c1ccc(Cl)cc1)c1ccc2[nH]nc(NC3CCNCC3)c2c1. The van der Waals surface area contributed by atoms with Crippen LogP contribution in [0.15, 0.2) is 66.7 Å². The van der Waals surface area contributed by atoms with Crippen molar-refractivity contribution >= 4 is 39.9 Å². The number of hydrogen-bond acceptors (Lipinski definition) is 4. The van der Waals surface area contributed by atoms with E-state index in [0.717, 1.165) is 59.3 Å². The molecule has 4 N–H and O–H groups in total. The molecule has 164 valence electrons. The second kappa shape index (κ2) is 8.75. The van der Waals surface area contributed by atoms with Gasteiger partial charge in [-0.3, -0.25) is 5.10 Å². The zero-order valence-electron chi connectivity index (χ0n) is 17.4. The highest BCUT2D eigenvalue weighted by Gasteiger charge is 2.34. The molecule has 0 unspecified atom stereocenters. The van der Waals surface area contributed by atoms with Crippen molar-refractivity contribution in [2.45, 2.75) is 24.5 Å². The molecule has 0 amide bonds. The summed E-state index contributed by atoms with van der Waals surface area (Å²) < 4.78 is 0. The third-order valence-electron chi connectivity index (χ3n) is 6.18. The summed E-state index contributed by atoms with van der Waals surface area (Å²) >= 11 is 12.3. The minimum Gasteiger partial charge on any atom is -0.376 e. The first kappa shape index (κ1) is 21.3. The number of aliphatic hydroxyl groups is 1. The molecule has 3 aromatic carbocycles. The number of aromatic nitrogens is 2. The first-order valence-electron chi connectivity index (χ1n) is 10.7. The number of nitrogens with one attached hydrogen (secondary N) is 3. The molecule has 1 saturated heterocycles. The predicted octanol–water partition coefficient (Wildman–Crippen LogP) is 5.32. The third-order valence-corrected chi connectivity index (χ3v) is 6.69. The number of anilines is 1. The van der Waals surface area contributed by atoms with Crippen molar-refractivity contribution in [1.82, 2.24) is 15.5 Å². The molecule has 32 heavy (non-hydrogen) atoms. The van der Waals surface area contributed by atoms with Gasteiger partial charge >= 0.3 is 0 Å². The van der Waals surface area contributed by atoms with Crippen LogP contribution in [0.2, 0.25) is 10.0 Å². The Balaban J connectivity index is 1.62. The number of fused-ring (bicyclic) bond motifs is 1. The molecule has 5 nitrogen and oxygen atoms in total. The number of hydrogen-bond donors (Lipinski definition) is 4. The minimum absolute atomic E-state index is 0.373. The lowest BCUT2D eigenvalue weighted by Crippen LogP contribution is -2.35. The number of rotatable bonds is 5. The van der Waals surface area contributed by atoms with E-state index in [2.05, 4.69) is 20.8 Å². The van der Waals surface area contributed by atoms with Crippen molar-refractivity contribution < 1.29 is 5.11 Å². The van der Waals surface area contributed by atoms with Crippen LogP contribution in [0.4, 0.5) is 5.82 Å². The van der Waals surface area contributed by atoms with Crippen LogP contribution in [-0.4, -0.2) is 34.4 Å². The van der Waals surface area contributed by atoms with Gasteiger partial charge in [0.05, 0.1) is 5.52 Å². The van der Waals surface area contributed by atoms with E-state index in [-0.39, 0.29) is 0 Å². The van der Waals surface area contributed by atoms with Gasteiger partial charge in [0.2, 0.25) is 0 Å². The van der Waals surface area contributed by atoms with E-state index in [1.165, 1.54) is 0 Å². The Morgan fingerprint density at radius 1 is 0.844 bits per heavy atom. The van der Waals surface area contributed by atoms with Crippen molar-refractivity contribution in [3.05, 3.63) is 93.5 Å². The maximum atomic E-state index is 12.2. The van der Waals surface area contributed by atoms with Crippen LogP contribution in [0, 0.1) is 0 Å². The van der Waals surface area contributed by atoms with Crippen LogP contribution < -0.4 is 10.6 Å². The number of piperidine rings is 1. The molecule has 0 bridgehead atoms. The molecule has 0 radical (unpaired) electrons. The molecule has 0 aliphatic carbocycles. The van der Waals surface area contributed by atoms with Crippen LogP contribution in [0.5, 0.6) is 0 Å². The molecule has 7 heteroatoms. The van der Waals surface area contributed by atoms with Gasteiger partial charge in [0.25, 0.3) is 0 Å². The fourth-order valence-corrected chi connectivity index (χ4v) is 4.64. The van der Waals surface area contributed by atoms with E-state index in [9.17, 15) is 5.11 Å². The zero-order chi connectivity index (χ0) is 22.1. The van der Waals surface area contributed by atoms with Gasteiger partial charge in [-0.15, -0.1) is 0 Å². The number of halogens is 2. The second-order valence-electron chi connectivity index (χ2n) is 8.23. The molecule has 5 rings (SSSR count). The Morgan fingerprint density at radius 2 is 1.41 bits per heavy atom. The Bertz CT molecular complexity index is 1170. The van der Waals surface area contributed by atoms with Crippen LogP contribution in [0.25, 0.3) is 10.9 Å². The van der Waals surface area contributed by atoms with Crippen LogP contribution in [0.3, 0.4) is 0 Å². The highest BCUT2D eigenvalue weighted by molar-refractivity contribution is 6.30. The second-order valence-corrected chi connectivity index (χ2v) is 9.10. The molecule has 1 aliphatic heterocycles. The van der Waals surface area contributed by atoms with E-state index in [1.807, 2.05) is 42.5 Å². The van der Waals surface area contributed by atoms with Crippen molar-refractivity contribution in [1.29, 1.82) is 0 Å². The van der Waals surface area contributed by atoms with E-state index in [1.54, 1.807) is 24.3 Å². The van der Waals surface area contributed by atoms with Gasteiger partial charge in [-0.2, -0.15) is 5.10 Å². The number of H-pyrrole nitrogens is 1. The molecular weight excluding hydrogens is 443 g/mol. The van der Waals surface area contributed by atoms with Crippen molar-refractivity contribution in [3.63, 3.8) is 0 Å². The first-order chi connectivity index (χ1) is 15.5. The summed E-state index contributed by atoms with van der Waals surface area (Å²) in [6.07, 6.45) is 2.10. The molecular formula is C25H24Cl2N4O. The monoisotopic (exact) mass is 466 g/mol. The lowest BCUT2D eigenvalue weighted by atomic mass is 9.80. The number of aromatic amines is 1. The molecule has 1 fully saturated rings. The van der Waals surface area contributed by atoms with Crippen molar-refractivity contribution in [2.24, 2.45) is 0 Å². The number of benzene rings is 3. The third kappa shape index (κ3) is 3.97. The van der Waals surface area contributed by atoms with Crippen LogP contribution in [0.1, 0.15) is 29.5 Å². The highest BCUT2D eigenvalue weighted by Crippen LogP contribution is 2.39. The highest BCUT2D eigenvalue weighted by atomic mass is 35.5. The molecule has 0 spiro atoms. The summed E-state index contributed by atoms with van der Waals surface area (Å²) in [4.78, 5) is 0. The van der Waals surface area contributed by atoms with Gasteiger partial charge < -0.3 is 15.7 Å². The van der Waals surface area contributed by atoms with E-state index in [0.29, 0.717) is 16.1 Å². The van der Waals surface area contributed by atoms with E-state index >= 15 is 0 Å². The lowest BCUT2D eigenvalue weighted by molar-refractivity contribution is 0.126. The molecule has 0 saturated carbocycles. The summed E-state index contributed by atoms with van der Waals surface area (Å²) in [6, 6.07) is 20.8. The Kier molecular flexibility index (Phi) is 5.82. The zero-order valence-corrected chi connectivity index (χ0v) is 18.9. The average molecular weight is 467 g/mol. The van der Waals surface area contributed by atoms with Gasteiger partial charge in [-0.05, 0) is 79.0 Å². The largest absolute Gasteiger partial charge is 0.376 e. The fraction of sp³-hybridized carbons (Fsp3) is 0.240. The Morgan fingerprint density at radius 3 is 2.00 bits per heavy atom. The maximum Gasteiger partial charge on any atom is 0.155 e. The molecule has 1 aromatic heterocycles. The molecule has 1 aliphatic rings. The summed E-state index contributed by atoms with van der Waals surface area (Å²) in [5, 5.41) is 28.9. The van der Waals surface area contributed by atoms with Crippen LogP contribution in [-0.2, 0) is 5.60 Å².